The van der Waals surface area contributed by atoms with E-state index in [2.05, 4.69) is 4.90 Å². The predicted octanol–water partition coefficient (Wildman–Crippen LogP) is 2.35. The van der Waals surface area contributed by atoms with Gasteiger partial charge in [0.2, 0.25) is 5.91 Å². The molecule has 7 heteroatoms. The van der Waals surface area contributed by atoms with Crippen LogP contribution in [0.1, 0.15) is 38.5 Å². The Morgan fingerprint density at radius 3 is 2.09 bits per heavy atom. The highest BCUT2D eigenvalue weighted by Gasteiger charge is 2.28. The summed E-state index contributed by atoms with van der Waals surface area (Å²) in [5.41, 5.74) is 0. The van der Waals surface area contributed by atoms with E-state index in [0.717, 1.165) is 32.4 Å². The molecule has 0 aromatic rings. The van der Waals surface area contributed by atoms with Crippen LogP contribution in [0.25, 0.3) is 0 Å². The fourth-order valence-corrected chi connectivity index (χ4v) is 3.31. The van der Waals surface area contributed by atoms with Gasteiger partial charge in [-0.15, -0.1) is 0 Å². The number of amides is 1. The molecule has 0 N–H and O–H groups in total. The van der Waals surface area contributed by atoms with Gasteiger partial charge in [-0.25, -0.2) is 0 Å². The van der Waals surface area contributed by atoms with E-state index in [1.165, 1.54) is 12.8 Å². The molecule has 0 atom stereocenters. The number of hydrogen-bond donors (Lipinski definition) is 0. The number of carbonyl (C=O) groups is 1. The first kappa shape index (κ1) is 18.5. The van der Waals surface area contributed by atoms with E-state index in [4.69, 9.17) is 0 Å². The Hall–Kier alpha value is -0.820. The second kappa shape index (κ2) is 8.87. The standard InChI is InChI=1S/C16H28F3N3O/c17-16(18,19)6-11-20-9-5-10-22(13-12-20)15(23)14-21-7-3-1-2-4-8-21/h1-14H2. The highest BCUT2D eigenvalue weighted by atomic mass is 19.4. The number of carbonyl (C=O) groups excluding carboxylic acids is 1. The van der Waals surface area contributed by atoms with E-state index in [1.54, 1.807) is 0 Å². The normalized spacial score (nSPS) is 22.7. The smallest absolute Gasteiger partial charge is 0.340 e. The number of halogens is 3. The van der Waals surface area contributed by atoms with Gasteiger partial charge in [-0.1, -0.05) is 12.8 Å². The molecule has 1 amide bonds. The molecule has 0 unspecified atom stereocenters. The number of nitrogens with zero attached hydrogens (tertiary/aromatic N) is 3. The van der Waals surface area contributed by atoms with Crippen LogP contribution in [-0.4, -0.2) is 79.1 Å². The maximum Gasteiger partial charge on any atom is 0.390 e. The van der Waals surface area contributed by atoms with Crippen LogP contribution in [0.3, 0.4) is 0 Å². The van der Waals surface area contributed by atoms with Gasteiger partial charge in [0.25, 0.3) is 0 Å². The Balaban J connectivity index is 1.74. The van der Waals surface area contributed by atoms with E-state index in [-0.39, 0.29) is 12.5 Å². The van der Waals surface area contributed by atoms with Gasteiger partial charge in [-0.3, -0.25) is 9.69 Å². The summed E-state index contributed by atoms with van der Waals surface area (Å²) in [7, 11) is 0. The minimum Gasteiger partial charge on any atom is -0.340 e. The summed E-state index contributed by atoms with van der Waals surface area (Å²) < 4.78 is 36.9. The van der Waals surface area contributed by atoms with E-state index in [1.807, 2.05) is 9.80 Å². The molecule has 0 aromatic heterocycles. The summed E-state index contributed by atoms with van der Waals surface area (Å²) in [5, 5.41) is 0. The van der Waals surface area contributed by atoms with Crippen LogP contribution in [0.4, 0.5) is 13.2 Å². The van der Waals surface area contributed by atoms with Crippen LogP contribution >= 0.6 is 0 Å². The minimum atomic E-state index is -4.10. The van der Waals surface area contributed by atoms with E-state index >= 15 is 0 Å². The second-order valence-corrected chi connectivity index (χ2v) is 6.63. The van der Waals surface area contributed by atoms with Crippen molar-refractivity contribution >= 4 is 5.91 Å². The zero-order valence-electron chi connectivity index (χ0n) is 13.8. The molecule has 0 bridgehead atoms. The number of likely N-dealkylation sites (tertiary alicyclic amines) is 1. The summed E-state index contributed by atoms with van der Waals surface area (Å²) in [4.78, 5) is 18.3. The van der Waals surface area contributed by atoms with Crippen LogP contribution < -0.4 is 0 Å². The van der Waals surface area contributed by atoms with Crippen molar-refractivity contribution in [2.45, 2.75) is 44.7 Å². The van der Waals surface area contributed by atoms with Crippen molar-refractivity contribution in [2.24, 2.45) is 0 Å². The number of hydrogen-bond acceptors (Lipinski definition) is 3. The molecule has 0 aromatic carbocycles. The van der Waals surface area contributed by atoms with E-state index < -0.39 is 12.6 Å². The molecule has 0 saturated carbocycles. The van der Waals surface area contributed by atoms with Crippen molar-refractivity contribution in [1.82, 2.24) is 14.7 Å². The lowest BCUT2D eigenvalue weighted by Crippen LogP contribution is -2.42. The lowest BCUT2D eigenvalue weighted by molar-refractivity contribution is -0.138. The third-order valence-corrected chi connectivity index (χ3v) is 4.71. The minimum absolute atomic E-state index is 0.0393. The van der Waals surface area contributed by atoms with E-state index in [9.17, 15) is 18.0 Å². The Kier molecular flexibility index (Phi) is 7.14. The quantitative estimate of drug-likeness (QED) is 0.789. The van der Waals surface area contributed by atoms with Crippen LogP contribution in [-0.2, 0) is 4.79 Å². The van der Waals surface area contributed by atoms with Gasteiger partial charge >= 0.3 is 6.18 Å². The third kappa shape index (κ3) is 7.08. The maximum absolute atomic E-state index is 12.4. The zero-order chi connectivity index (χ0) is 16.7. The molecule has 0 spiro atoms. The Morgan fingerprint density at radius 2 is 1.43 bits per heavy atom. The molecule has 2 rings (SSSR count). The van der Waals surface area contributed by atoms with Crippen molar-refractivity contribution in [1.29, 1.82) is 0 Å². The van der Waals surface area contributed by atoms with Gasteiger partial charge in [0.15, 0.2) is 0 Å². The lowest BCUT2D eigenvalue weighted by atomic mass is 10.2. The van der Waals surface area contributed by atoms with Crippen LogP contribution in [0.15, 0.2) is 0 Å². The molecule has 2 fully saturated rings. The monoisotopic (exact) mass is 335 g/mol. The Bertz CT molecular complexity index is 368. The summed E-state index contributed by atoms with van der Waals surface area (Å²) >= 11 is 0. The highest BCUT2D eigenvalue weighted by Crippen LogP contribution is 2.20. The van der Waals surface area contributed by atoms with Crippen LogP contribution in [0.5, 0.6) is 0 Å². The number of alkyl halides is 3. The largest absolute Gasteiger partial charge is 0.390 e. The predicted molar refractivity (Wildman–Crippen MR) is 83.2 cm³/mol. The average molecular weight is 335 g/mol. The molecular formula is C16H28F3N3O. The van der Waals surface area contributed by atoms with Gasteiger partial charge < -0.3 is 9.80 Å². The zero-order valence-corrected chi connectivity index (χ0v) is 13.8. The average Bonchev–Trinajstić information content (AvgIpc) is 2.87. The van der Waals surface area contributed by atoms with Gasteiger partial charge in [0.05, 0.1) is 13.0 Å². The first-order chi connectivity index (χ1) is 10.9. The van der Waals surface area contributed by atoms with Gasteiger partial charge in [0.1, 0.15) is 0 Å². The molecule has 4 nitrogen and oxygen atoms in total. The molecular weight excluding hydrogens is 307 g/mol. The molecule has 2 aliphatic rings. The number of rotatable bonds is 4. The van der Waals surface area contributed by atoms with Gasteiger partial charge in [0, 0.05) is 26.2 Å². The molecule has 0 aliphatic carbocycles. The summed E-state index contributed by atoms with van der Waals surface area (Å²) in [5.74, 6) is 0.129. The van der Waals surface area contributed by atoms with Crippen molar-refractivity contribution in [3.63, 3.8) is 0 Å². The molecule has 0 radical (unpaired) electrons. The summed E-state index contributed by atoms with van der Waals surface area (Å²) in [6, 6.07) is 0. The lowest BCUT2D eigenvalue weighted by Gasteiger charge is -2.26. The second-order valence-electron chi connectivity index (χ2n) is 6.63. The first-order valence-corrected chi connectivity index (χ1v) is 8.73. The van der Waals surface area contributed by atoms with Gasteiger partial charge in [-0.05, 0) is 38.9 Å². The molecule has 2 saturated heterocycles. The van der Waals surface area contributed by atoms with Crippen molar-refractivity contribution in [2.75, 3.05) is 52.4 Å². The fraction of sp³-hybridized carbons (Fsp3) is 0.938. The highest BCUT2D eigenvalue weighted by molar-refractivity contribution is 5.78. The molecule has 2 aliphatic heterocycles. The fourth-order valence-electron chi connectivity index (χ4n) is 3.31. The molecule has 134 valence electrons. The van der Waals surface area contributed by atoms with Crippen molar-refractivity contribution < 1.29 is 18.0 Å². The first-order valence-electron chi connectivity index (χ1n) is 8.73. The van der Waals surface area contributed by atoms with E-state index in [0.29, 0.717) is 32.7 Å². The summed E-state index contributed by atoms with van der Waals surface area (Å²) in [6.07, 6.45) is 0.662. The topological polar surface area (TPSA) is 26.8 Å². The van der Waals surface area contributed by atoms with Crippen molar-refractivity contribution in [3.8, 4) is 0 Å². The Labute approximate surface area is 136 Å². The maximum atomic E-state index is 12.4. The SMILES string of the molecule is O=C(CN1CCCCCC1)N1CCCN(CCC(F)(F)F)CC1. The van der Waals surface area contributed by atoms with Crippen LogP contribution in [0, 0.1) is 0 Å². The third-order valence-electron chi connectivity index (χ3n) is 4.71. The van der Waals surface area contributed by atoms with Gasteiger partial charge in [-0.2, -0.15) is 13.2 Å². The van der Waals surface area contributed by atoms with Crippen molar-refractivity contribution in [3.05, 3.63) is 0 Å². The Morgan fingerprint density at radius 1 is 0.783 bits per heavy atom. The molecule has 2 heterocycles. The molecule has 23 heavy (non-hydrogen) atoms. The summed E-state index contributed by atoms with van der Waals surface area (Å²) in [6.45, 7) is 4.86. The van der Waals surface area contributed by atoms with Crippen LogP contribution in [0.2, 0.25) is 0 Å².